The van der Waals surface area contributed by atoms with E-state index in [9.17, 15) is 0 Å². The molecule has 7 rings (SSSR count). The molecular weight excluding hydrogens is 384 g/mol. The number of benzene rings is 2. The van der Waals surface area contributed by atoms with E-state index >= 15 is 0 Å². The van der Waals surface area contributed by atoms with Crippen LogP contribution in [-0.4, -0.2) is 31.4 Å². The van der Waals surface area contributed by atoms with Crippen LogP contribution in [0.2, 0.25) is 0 Å². The molecule has 3 atom stereocenters. The topological polar surface area (TPSA) is 63.7 Å². The second-order valence-corrected chi connectivity index (χ2v) is 8.42. The Hall–Kier alpha value is -3.77. The summed E-state index contributed by atoms with van der Waals surface area (Å²) in [6.07, 6.45) is 17.1. The quantitative estimate of drug-likeness (QED) is 0.530. The number of hydrogen-bond acceptors (Lipinski definition) is 6. The lowest BCUT2D eigenvalue weighted by atomic mass is 9.98. The van der Waals surface area contributed by atoms with Crippen LogP contribution in [-0.2, 0) is 0 Å². The monoisotopic (exact) mass is 406 g/mol. The molecule has 0 amide bonds. The zero-order valence-corrected chi connectivity index (χ0v) is 17.1. The highest BCUT2D eigenvalue weighted by molar-refractivity contribution is 6.14. The molecule has 3 unspecified atom stereocenters. The summed E-state index contributed by atoms with van der Waals surface area (Å²) in [5.74, 6) is 0.931. The van der Waals surface area contributed by atoms with Gasteiger partial charge >= 0.3 is 0 Å². The number of rotatable bonds is 0. The fourth-order valence-electron chi connectivity index (χ4n) is 4.96. The van der Waals surface area contributed by atoms with E-state index < -0.39 is 0 Å². The molecule has 152 valence electrons. The molecule has 5 aliphatic heterocycles. The van der Waals surface area contributed by atoms with E-state index in [-0.39, 0.29) is 18.5 Å². The minimum absolute atomic E-state index is 0.00507. The molecule has 2 aromatic rings. The Morgan fingerprint density at radius 1 is 0.677 bits per heavy atom. The molecule has 0 aromatic heterocycles. The standard InChI is InChI=1S/C25H22N6/c1-31-21-13-9-17-5-4-16-8-11-19(30-24(16)25(17)31)26-18-10-6-14-2-3-15-7-12-20(27-21)29-23(15)22(14)28-18/h2-13,18-20,26,28-30H,1H3. The van der Waals surface area contributed by atoms with Crippen molar-refractivity contribution in [3.63, 3.8) is 0 Å². The molecule has 0 aliphatic carbocycles. The summed E-state index contributed by atoms with van der Waals surface area (Å²) in [6.45, 7) is 0. The van der Waals surface area contributed by atoms with Gasteiger partial charge in [-0.2, -0.15) is 0 Å². The molecule has 6 nitrogen and oxygen atoms in total. The van der Waals surface area contributed by atoms with E-state index in [1.54, 1.807) is 0 Å². The lowest BCUT2D eigenvalue weighted by Gasteiger charge is -2.36. The normalized spacial score (nSPS) is 25.5. The molecule has 0 spiro atoms. The highest BCUT2D eigenvalue weighted by atomic mass is 15.3. The number of aliphatic imine (C=N–C) groups is 1. The van der Waals surface area contributed by atoms with Crippen LogP contribution in [0.4, 0.5) is 22.7 Å². The number of likely N-dealkylation sites (N-methyl/N-ethyl adjacent to an activating group) is 1. The molecule has 5 aliphatic rings. The highest BCUT2D eigenvalue weighted by Gasteiger charge is 2.28. The highest BCUT2D eigenvalue weighted by Crippen LogP contribution is 2.41. The number of nitrogens with one attached hydrogen (secondary N) is 4. The average Bonchev–Trinajstić information content (AvgIpc) is 2.80. The van der Waals surface area contributed by atoms with Crippen molar-refractivity contribution < 1.29 is 0 Å². The van der Waals surface area contributed by atoms with E-state index in [1.165, 1.54) is 22.3 Å². The van der Waals surface area contributed by atoms with Gasteiger partial charge in [0.25, 0.3) is 0 Å². The van der Waals surface area contributed by atoms with Gasteiger partial charge in [0.1, 0.15) is 12.0 Å². The largest absolute Gasteiger partial charge is 0.364 e. The molecule has 2 aromatic carbocycles. The lowest BCUT2D eigenvalue weighted by Crippen LogP contribution is -2.47. The van der Waals surface area contributed by atoms with Crippen molar-refractivity contribution in [2.75, 3.05) is 27.9 Å². The zero-order valence-electron chi connectivity index (χ0n) is 17.1. The van der Waals surface area contributed by atoms with Crippen molar-refractivity contribution in [1.29, 1.82) is 0 Å². The second kappa shape index (κ2) is 6.12. The smallest absolute Gasteiger partial charge is 0.140 e. The second-order valence-electron chi connectivity index (χ2n) is 8.42. The molecule has 0 saturated carbocycles. The first-order valence-corrected chi connectivity index (χ1v) is 10.7. The first-order valence-electron chi connectivity index (χ1n) is 10.7. The van der Waals surface area contributed by atoms with Gasteiger partial charge in [-0.1, -0.05) is 42.5 Å². The third-order valence-electron chi connectivity index (χ3n) is 6.52. The Labute approximate surface area is 180 Å². The van der Waals surface area contributed by atoms with Crippen molar-refractivity contribution >= 4 is 52.9 Å². The molecule has 5 heterocycles. The van der Waals surface area contributed by atoms with Gasteiger partial charge in [0.15, 0.2) is 0 Å². The van der Waals surface area contributed by atoms with Gasteiger partial charge in [0.05, 0.1) is 35.1 Å². The van der Waals surface area contributed by atoms with Gasteiger partial charge in [0, 0.05) is 12.6 Å². The Morgan fingerprint density at radius 2 is 1.29 bits per heavy atom. The van der Waals surface area contributed by atoms with Gasteiger partial charge in [-0.15, -0.1) is 0 Å². The summed E-state index contributed by atoms with van der Waals surface area (Å²) < 4.78 is 0. The van der Waals surface area contributed by atoms with Gasteiger partial charge in [-0.05, 0) is 47.1 Å². The molecule has 0 radical (unpaired) electrons. The Kier molecular flexibility index (Phi) is 3.35. The predicted octanol–water partition coefficient (Wildman–Crippen LogP) is 4.15. The van der Waals surface area contributed by atoms with E-state index in [2.05, 4.69) is 106 Å². The number of amidine groups is 1. The predicted molar refractivity (Wildman–Crippen MR) is 130 cm³/mol. The van der Waals surface area contributed by atoms with E-state index in [0.717, 1.165) is 28.6 Å². The summed E-state index contributed by atoms with van der Waals surface area (Å²) in [7, 11) is 2.09. The minimum atomic E-state index is -0.134. The number of fused-ring (bicyclic) bond motifs is 4. The van der Waals surface area contributed by atoms with Gasteiger partial charge in [-0.25, -0.2) is 4.99 Å². The summed E-state index contributed by atoms with van der Waals surface area (Å²) in [6, 6.07) is 8.67. The van der Waals surface area contributed by atoms with E-state index in [1.807, 2.05) is 0 Å². The molecule has 4 N–H and O–H groups in total. The van der Waals surface area contributed by atoms with Crippen LogP contribution in [0, 0.1) is 0 Å². The van der Waals surface area contributed by atoms with Crippen LogP contribution < -0.4 is 26.2 Å². The first-order chi connectivity index (χ1) is 15.2. The summed E-state index contributed by atoms with van der Waals surface area (Å²) in [4.78, 5) is 7.24. The van der Waals surface area contributed by atoms with Crippen LogP contribution >= 0.6 is 0 Å². The van der Waals surface area contributed by atoms with Crippen LogP contribution in [0.25, 0.3) is 24.3 Å². The summed E-state index contributed by atoms with van der Waals surface area (Å²) in [5, 5.41) is 14.7. The summed E-state index contributed by atoms with van der Waals surface area (Å²) >= 11 is 0. The Balaban J connectivity index is 1.43. The number of hydrogen-bond donors (Lipinski definition) is 4. The number of anilines is 4. The molecule has 8 bridgehead atoms. The van der Waals surface area contributed by atoms with Crippen molar-refractivity contribution in [3.05, 3.63) is 70.8 Å². The van der Waals surface area contributed by atoms with E-state index in [0.29, 0.717) is 0 Å². The van der Waals surface area contributed by atoms with Gasteiger partial charge < -0.3 is 20.9 Å². The molecule has 0 saturated heterocycles. The SMILES string of the molecule is CN1C2=NC3C=Cc4ccc5c(c4N3)NC(C=C5)NC3C=Cc4ccc(c1c4N3)C=C2. The van der Waals surface area contributed by atoms with Crippen molar-refractivity contribution in [2.45, 2.75) is 18.5 Å². The Morgan fingerprint density at radius 3 is 2.06 bits per heavy atom. The maximum atomic E-state index is 5.05. The van der Waals surface area contributed by atoms with Crippen LogP contribution in [0.1, 0.15) is 22.3 Å². The average molecular weight is 406 g/mol. The third kappa shape index (κ3) is 2.52. The lowest BCUT2D eigenvalue weighted by molar-refractivity contribution is 0.602. The molecule has 0 fully saturated rings. The van der Waals surface area contributed by atoms with Crippen molar-refractivity contribution in [1.82, 2.24) is 5.32 Å². The summed E-state index contributed by atoms with van der Waals surface area (Å²) in [5.41, 5.74) is 9.22. The van der Waals surface area contributed by atoms with Crippen LogP contribution in [0.5, 0.6) is 0 Å². The van der Waals surface area contributed by atoms with Crippen molar-refractivity contribution in [3.8, 4) is 0 Å². The zero-order chi connectivity index (χ0) is 20.5. The molecular formula is C25H22N6. The van der Waals surface area contributed by atoms with Gasteiger partial charge in [-0.3, -0.25) is 5.32 Å². The third-order valence-corrected chi connectivity index (χ3v) is 6.52. The fraction of sp³-hybridized carbons (Fsp3) is 0.160. The van der Waals surface area contributed by atoms with E-state index in [4.69, 9.17) is 4.99 Å². The van der Waals surface area contributed by atoms with Crippen molar-refractivity contribution in [2.24, 2.45) is 4.99 Å². The van der Waals surface area contributed by atoms with Crippen LogP contribution in [0.3, 0.4) is 0 Å². The maximum absolute atomic E-state index is 5.05. The van der Waals surface area contributed by atoms with Gasteiger partial charge in [0.2, 0.25) is 0 Å². The molecule has 6 heteroatoms. The fourth-order valence-corrected chi connectivity index (χ4v) is 4.96. The Bertz CT molecular complexity index is 1280. The minimum Gasteiger partial charge on any atom is -0.364 e. The maximum Gasteiger partial charge on any atom is 0.140 e. The van der Waals surface area contributed by atoms with Crippen LogP contribution in [0.15, 0.2) is 53.6 Å². The first kappa shape index (κ1) is 17.0. The molecule has 31 heavy (non-hydrogen) atoms. The number of nitrogens with zero attached hydrogens (tertiary/aromatic N) is 2.